The van der Waals surface area contributed by atoms with Crippen molar-refractivity contribution in [1.82, 2.24) is 15.5 Å². The zero-order valence-corrected chi connectivity index (χ0v) is 18.4. The summed E-state index contributed by atoms with van der Waals surface area (Å²) in [5.41, 5.74) is 0.449. The minimum absolute atomic E-state index is 0. The Morgan fingerprint density at radius 1 is 1.17 bits per heavy atom. The van der Waals surface area contributed by atoms with Crippen LogP contribution in [0.2, 0.25) is 0 Å². The van der Waals surface area contributed by atoms with Gasteiger partial charge in [-0.25, -0.2) is 0 Å². The molecular weight excluding hydrogens is 399 g/mol. The smallest absolute Gasteiger partial charge is 0.191 e. The number of likely N-dealkylation sites (tertiary alicyclic amines) is 1. The van der Waals surface area contributed by atoms with Gasteiger partial charge in [-0.3, -0.25) is 4.99 Å². The molecule has 1 saturated heterocycles. The maximum atomic E-state index is 4.36. The first-order valence-corrected chi connectivity index (χ1v) is 9.03. The van der Waals surface area contributed by atoms with Crippen molar-refractivity contribution in [3.05, 3.63) is 0 Å². The van der Waals surface area contributed by atoms with E-state index in [1.54, 1.807) is 0 Å². The van der Waals surface area contributed by atoms with Crippen LogP contribution in [0.5, 0.6) is 0 Å². The van der Waals surface area contributed by atoms with Gasteiger partial charge in [0, 0.05) is 38.8 Å². The van der Waals surface area contributed by atoms with Gasteiger partial charge in [-0.2, -0.15) is 0 Å². The SMILES string of the molecule is CN=C(NCCCCC(C)(C)C)NC1CCN(C(C)C)CC1.I. The fourth-order valence-corrected chi connectivity index (χ4v) is 2.94. The van der Waals surface area contributed by atoms with E-state index in [9.17, 15) is 0 Å². The van der Waals surface area contributed by atoms with Crippen LogP contribution in [0.1, 0.15) is 66.7 Å². The molecule has 2 N–H and O–H groups in total. The van der Waals surface area contributed by atoms with E-state index in [0.29, 0.717) is 17.5 Å². The highest BCUT2D eigenvalue weighted by atomic mass is 127. The summed E-state index contributed by atoms with van der Waals surface area (Å²) in [7, 11) is 1.87. The van der Waals surface area contributed by atoms with Crippen LogP contribution < -0.4 is 10.6 Å². The van der Waals surface area contributed by atoms with Crippen molar-refractivity contribution in [3.8, 4) is 0 Å². The zero-order chi connectivity index (χ0) is 16.6. The van der Waals surface area contributed by atoms with Crippen LogP contribution in [0.4, 0.5) is 0 Å². The summed E-state index contributed by atoms with van der Waals surface area (Å²) in [5.74, 6) is 0.971. The van der Waals surface area contributed by atoms with Crippen LogP contribution in [0.3, 0.4) is 0 Å². The van der Waals surface area contributed by atoms with Gasteiger partial charge in [-0.05, 0) is 44.9 Å². The largest absolute Gasteiger partial charge is 0.356 e. The lowest BCUT2D eigenvalue weighted by molar-refractivity contribution is 0.167. The topological polar surface area (TPSA) is 39.7 Å². The highest BCUT2D eigenvalue weighted by Crippen LogP contribution is 2.21. The predicted molar refractivity (Wildman–Crippen MR) is 113 cm³/mol. The molecule has 0 saturated carbocycles. The van der Waals surface area contributed by atoms with Crippen LogP contribution in [0.25, 0.3) is 0 Å². The number of hydrogen-bond acceptors (Lipinski definition) is 2. The molecule has 0 bridgehead atoms. The number of guanidine groups is 1. The number of nitrogens with one attached hydrogen (secondary N) is 2. The first kappa shape index (κ1) is 23.0. The number of aliphatic imine (C=N–C) groups is 1. The lowest BCUT2D eigenvalue weighted by Crippen LogP contribution is -2.49. The van der Waals surface area contributed by atoms with Gasteiger partial charge in [-0.1, -0.05) is 27.2 Å². The van der Waals surface area contributed by atoms with E-state index in [1.165, 1.54) is 45.2 Å². The summed E-state index contributed by atoms with van der Waals surface area (Å²) in [6, 6.07) is 1.23. The van der Waals surface area contributed by atoms with Gasteiger partial charge in [-0.15, -0.1) is 24.0 Å². The molecule has 1 aliphatic rings. The molecule has 0 unspecified atom stereocenters. The molecule has 138 valence electrons. The number of rotatable bonds is 6. The van der Waals surface area contributed by atoms with Gasteiger partial charge in [0.25, 0.3) is 0 Å². The van der Waals surface area contributed by atoms with E-state index >= 15 is 0 Å². The summed E-state index contributed by atoms with van der Waals surface area (Å²) >= 11 is 0. The van der Waals surface area contributed by atoms with Crippen LogP contribution >= 0.6 is 24.0 Å². The standard InChI is InChI=1S/C18H38N4.HI/c1-15(2)22-13-9-16(10-14-22)21-17(19-6)20-12-8-7-11-18(3,4)5;/h15-16H,7-14H2,1-6H3,(H2,19,20,21);1H. The first-order chi connectivity index (χ1) is 10.3. The maximum absolute atomic E-state index is 4.36. The normalized spacial score (nSPS) is 18.0. The fraction of sp³-hybridized carbons (Fsp3) is 0.944. The average Bonchev–Trinajstić information content (AvgIpc) is 2.45. The van der Waals surface area contributed by atoms with E-state index < -0.39 is 0 Å². The van der Waals surface area contributed by atoms with Crippen molar-refractivity contribution in [2.45, 2.75) is 78.8 Å². The highest BCUT2D eigenvalue weighted by molar-refractivity contribution is 14.0. The Hall–Kier alpha value is -0.0400. The highest BCUT2D eigenvalue weighted by Gasteiger charge is 2.21. The van der Waals surface area contributed by atoms with Crippen LogP contribution in [0.15, 0.2) is 4.99 Å². The molecule has 0 atom stereocenters. The molecule has 0 spiro atoms. The Labute approximate surface area is 161 Å². The third-order valence-electron chi connectivity index (χ3n) is 4.47. The van der Waals surface area contributed by atoms with Gasteiger partial charge in [0.15, 0.2) is 5.96 Å². The Bertz CT molecular complexity index is 328. The third kappa shape index (κ3) is 10.4. The lowest BCUT2D eigenvalue weighted by Gasteiger charge is -2.35. The molecule has 23 heavy (non-hydrogen) atoms. The molecule has 0 aromatic carbocycles. The van der Waals surface area contributed by atoms with Gasteiger partial charge >= 0.3 is 0 Å². The molecule has 4 nitrogen and oxygen atoms in total. The predicted octanol–water partition coefficient (Wildman–Crippen LogP) is 3.86. The van der Waals surface area contributed by atoms with E-state index in [2.05, 4.69) is 55.1 Å². The average molecular weight is 438 g/mol. The van der Waals surface area contributed by atoms with Crippen LogP contribution in [-0.4, -0.2) is 49.6 Å². The maximum Gasteiger partial charge on any atom is 0.191 e. The van der Waals surface area contributed by atoms with Crippen molar-refractivity contribution < 1.29 is 0 Å². The van der Waals surface area contributed by atoms with Gasteiger partial charge in [0.05, 0.1) is 0 Å². The lowest BCUT2D eigenvalue weighted by atomic mass is 9.90. The molecule has 1 aliphatic heterocycles. The molecule has 0 aromatic heterocycles. The number of piperidine rings is 1. The third-order valence-corrected chi connectivity index (χ3v) is 4.47. The number of halogens is 1. The molecule has 5 heteroatoms. The van der Waals surface area contributed by atoms with E-state index in [4.69, 9.17) is 0 Å². The van der Waals surface area contributed by atoms with E-state index in [1.807, 2.05) is 7.05 Å². The number of hydrogen-bond donors (Lipinski definition) is 2. The fourth-order valence-electron chi connectivity index (χ4n) is 2.94. The molecule has 0 radical (unpaired) electrons. The molecule has 0 aromatic rings. The van der Waals surface area contributed by atoms with E-state index in [0.717, 1.165) is 12.5 Å². The van der Waals surface area contributed by atoms with Crippen molar-refractivity contribution in [3.63, 3.8) is 0 Å². The quantitative estimate of drug-likeness (QED) is 0.286. The number of unbranched alkanes of at least 4 members (excludes halogenated alkanes) is 1. The summed E-state index contributed by atoms with van der Waals surface area (Å²) < 4.78 is 0. The Morgan fingerprint density at radius 3 is 2.26 bits per heavy atom. The first-order valence-electron chi connectivity index (χ1n) is 9.03. The van der Waals surface area contributed by atoms with Gasteiger partial charge in [0.2, 0.25) is 0 Å². The van der Waals surface area contributed by atoms with Gasteiger partial charge in [0.1, 0.15) is 0 Å². The molecule has 0 amide bonds. The zero-order valence-electron chi connectivity index (χ0n) is 16.1. The van der Waals surface area contributed by atoms with E-state index in [-0.39, 0.29) is 24.0 Å². The second-order valence-corrected chi connectivity index (χ2v) is 8.07. The second kappa shape index (κ2) is 11.5. The van der Waals surface area contributed by atoms with Crippen molar-refractivity contribution in [2.24, 2.45) is 10.4 Å². The minimum Gasteiger partial charge on any atom is -0.356 e. The molecule has 0 aliphatic carbocycles. The molecule has 1 fully saturated rings. The Kier molecular flexibility index (Phi) is 11.5. The summed E-state index contributed by atoms with van der Waals surface area (Å²) in [6.45, 7) is 14.9. The van der Waals surface area contributed by atoms with Crippen molar-refractivity contribution >= 4 is 29.9 Å². The Balaban J connectivity index is 0.00000484. The van der Waals surface area contributed by atoms with Crippen LogP contribution in [-0.2, 0) is 0 Å². The summed E-state index contributed by atoms with van der Waals surface area (Å²) in [6.07, 6.45) is 6.20. The number of nitrogens with zero attached hydrogens (tertiary/aromatic N) is 2. The van der Waals surface area contributed by atoms with Crippen LogP contribution in [0, 0.1) is 5.41 Å². The second-order valence-electron chi connectivity index (χ2n) is 8.07. The van der Waals surface area contributed by atoms with Crippen molar-refractivity contribution in [1.29, 1.82) is 0 Å². The molecule has 1 rings (SSSR count). The summed E-state index contributed by atoms with van der Waals surface area (Å²) in [5, 5.41) is 7.05. The van der Waals surface area contributed by atoms with Crippen molar-refractivity contribution in [2.75, 3.05) is 26.7 Å². The van der Waals surface area contributed by atoms with Gasteiger partial charge < -0.3 is 15.5 Å². The Morgan fingerprint density at radius 2 is 1.78 bits per heavy atom. The monoisotopic (exact) mass is 438 g/mol. The molecular formula is C18H39IN4. The summed E-state index contributed by atoms with van der Waals surface area (Å²) in [4.78, 5) is 6.92. The minimum atomic E-state index is 0. The molecule has 1 heterocycles.